The third-order valence-electron chi connectivity index (χ3n) is 5.38. The molecular formula is C25H22ClNO3. The summed E-state index contributed by atoms with van der Waals surface area (Å²) in [6.45, 7) is 0.628. The van der Waals surface area contributed by atoms with E-state index in [-0.39, 0.29) is 19.1 Å². The Morgan fingerprint density at radius 2 is 2.03 bits per heavy atom. The zero-order valence-corrected chi connectivity index (χ0v) is 17.2. The number of ether oxygens (including phenoxy) is 1. The van der Waals surface area contributed by atoms with Gasteiger partial charge in [0, 0.05) is 17.9 Å². The van der Waals surface area contributed by atoms with Gasteiger partial charge in [0.2, 0.25) is 0 Å². The molecule has 0 saturated carbocycles. The number of aliphatic carboxylic acids is 1. The van der Waals surface area contributed by atoms with E-state index in [1.807, 2.05) is 6.07 Å². The van der Waals surface area contributed by atoms with Gasteiger partial charge >= 0.3 is 5.97 Å². The van der Waals surface area contributed by atoms with Crippen molar-refractivity contribution in [3.05, 3.63) is 99.5 Å². The molecule has 0 spiro atoms. The molecule has 4 nitrogen and oxygen atoms in total. The molecule has 0 fully saturated rings. The first kappa shape index (κ1) is 20.4. The lowest BCUT2D eigenvalue weighted by molar-refractivity contribution is -0.140. The fraction of sp³-hybridized carbons (Fsp3) is 0.240. The molecule has 5 heteroatoms. The molecule has 0 aliphatic heterocycles. The lowest BCUT2D eigenvalue weighted by Crippen LogP contribution is -2.38. The first-order valence-electron chi connectivity index (χ1n) is 9.92. The Kier molecular flexibility index (Phi) is 6.35. The molecule has 3 aliphatic rings. The third kappa shape index (κ3) is 4.49. The van der Waals surface area contributed by atoms with Gasteiger partial charge in [-0.15, -0.1) is 0 Å². The van der Waals surface area contributed by atoms with Crippen molar-refractivity contribution in [2.45, 2.75) is 24.8 Å². The van der Waals surface area contributed by atoms with Crippen molar-refractivity contribution in [1.82, 2.24) is 5.32 Å². The SMILES string of the molecule is O=C(O)[C@H](CC1=C=C=C(Cl)C=C1)NCOCC1C2=C(C=CCC=C2)c2ccccc21. The molecule has 1 unspecified atom stereocenters. The van der Waals surface area contributed by atoms with Gasteiger partial charge in [0.25, 0.3) is 0 Å². The van der Waals surface area contributed by atoms with E-state index < -0.39 is 12.0 Å². The quantitative estimate of drug-likeness (QED) is 0.360. The minimum atomic E-state index is -0.935. The highest BCUT2D eigenvalue weighted by Crippen LogP contribution is 2.44. The van der Waals surface area contributed by atoms with Crippen LogP contribution in [0.25, 0.3) is 5.57 Å². The Balaban J connectivity index is 1.39. The molecule has 2 N–H and O–H groups in total. The number of allylic oxidation sites excluding steroid dienone is 8. The van der Waals surface area contributed by atoms with E-state index in [0.717, 1.165) is 12.0 Å². The Morgan fingerprint density at radius 3 is 2.83 bits per heavy atom. The monoisotopic (exact) mass is 419 g/mol. The van der Waals surface area contributed by atoms with Crippen molar-refractivity contribution in [2.24, 2.45) is 0 Å². The molecule has 30 heavy (non-hydrogen) atoms. The van der Waals surface area contributed by atoms with E-state index in [9.17, 15) is 9.90 Å². The summed E-state index contributed by atoms with van der Waals surface area (Å²) in [6, 6.07) is 7.61. The average molecular weight is 420 g/mol. The zero-order chi connectivity index (χ0) is 20.9. The summed E-state index contributed by atoms with van der Waals surface area (Å²) >= 11 is 5.82. The van der Waals surface area contributed by atoms with Crippen LogP contribution in [-0.4, -0.2) is 30.5 Å². The second kappa shape index (κ2) is 9.32. The van der Waals surface area contributed by atoms with E-state index in [1.165, 1.54) is 22.3 Å². The van der Waals surface area contributed by atoms with Gasteiger partial charge in [-0.05, 0) is 46.6 Å². The average Bonchev–Trinajstić information content (AvgIpc) is 2.89. The molecule has 0 amide bonds. The van der Waals surface area contributed by atoms with Crippen LogP contribution in [-0.2, 0) is 9.53 Å². The van der Waals surface area contributed by atoms with Crippen LogP contribution in [0.5, 0.6) is 0 Å². The molecule has 4 rings (SSSR count). The van der Waals surface area contributed by atoms with Gasteiger partial charge in [-0.25, -0.2) is 0 Å². The molecule has 0 bridgehead atoms. The fourth-order valence-electron chi connectivity index (χ4n) is 3.91. The van der Waals surface area contributed by atoms with Gasteiger partial charge < -0.3 is 9.84 Å². The Hall–Kier alpha value is -2.84. The van der Waals surface area contributed by atoms with Crippen LogP contribution >= 0.6 is 11.6 Å². The van der Waals surface area contributed by atoms with Gasteiger partial charge in [-0.2, -0.15) is 0 Å². The van der Waals surface area contributed by atoms with E-state index in [1.54, 1.807) is 12.2 Å². The second-order valence-corrected chi connectivity index (χ2v) is 7.73. The number of halogens is 1. The molecule has 1 aromatic rings. The van der Waals surface area contributed by atoms with Crippen molar-refractivity contribution in [3.8, 4) is 0 Å². The van der Waals surface area contributed by atoms with Crippen LogP contribution in [0.4, 0.5) is 0 Å². The molecule has 2 atom stereocenters. The predicted molar refractivity (Wildman–Crippen MR) is 118 cm³/mol. The van der Waals surface area contributed by atoms with Crippen LogP contribution < -0.4 is 5.32 Å². The molecule has 0 heterocycles. The summed E-state index contributed by atoms with van der Waals surface area (Å²) in [6.07, 6.45) is 13.3. The Labute approximate surface area is 180 Å². The number of nitrogens with one attached hydrogen (secondary N) is 1. The number of rotatable bonds is 8. The number of benzene rings is 1. The van der Waals surface area contributed by atoms with E-state index in [2.05, 4.69) is 59.3 Å². The molecule has 0 radical (unpaired) electrons. The van der Waals surface area contributed by atoms with Gasteiger partial charge in [0.05, 0.1) is 18.4 Å². The van der Waals surface area contributed by atoms with Crippen LogP contribution in [0, 0.1) is 0 Å². The normalized spacial score (nSPS) is 19.8. The maximum atomic E-state index is 11.6. The minimum absolute atomic E-state index is 0.138. The van der Waals surface area contributed by atoms with E-state index >= 15 is 0 Å². The van der Waals surface area contributed by atoms with Crippen molar-refractivity contribution in [3.63, 3.8) is 0 Å². The van der Waals surface area contributed by atoms with Crippen LogP contribution in [0.3, 0.4) is 0 Å². The smallest absolute Gasteiger partial charge is 0.321 e. The van der Waals surface area contributed by atoms with Crippen molar-refractivity contribution in [2.75, 3.05) is 13.3 Å². The Morgan fingerprint density at radius 1 is 1.20 bits per heavy atom. The highest BCUT2D eigenvalue weighted by molar-refractivity contribution is 6.31. The van der Waals surface area contributed by atoms with Crippen molar-refractivity contribution < 1.29 is 14.6 Å². The van der Waals surface area contributed by atoms with Gasteiger partial charge in [0.15, 0.2) is 0 Å². The van der Waals surface area contributed by atoms with Crippen molar-refractivity contribution >= 4 is 23.1 Å². The number of carbonyl (C=O) groups is 1. The summed E-state index contributed by atoms with van der Waals surface area (Å²) < 4.78 is 5.90. The second-order valence-electron chi connectivity index (χ2n) is 7.32. The molecule has 0 aromatic heterocycles. The lowest BCUT2D eigenvalue weighted by Gasteiger charge is -2.18. The molecule has 152 valence electrons. The minimum Gasteiger partial charge on any atom is -0.480 e. The van der Waals surface area contributed by atoms with Crippen LogP contribution in [0.15, 0.2) is 88.4 Å². The zero-order valence-electron chi connectivity index (χ0n) is 16.4. The Bertz CT molecular complexity index is 1080. The number of hydrogen-bond acceptors (Lipinski definition) is 3. The number of carboxylic acids is 1. The highest BCUT2D eigenvalue weighted by Gasteiger charge is 2.29. The number of hydrogen-bond donors (Lipinski definition) is 2. The fourth-order valence-corrected chi connectivity index (χ4v) is 4.02. The van der Waals surface area contributed by atoms with Gasteiger partial charge in [-0.1, -0.05) is 65.9 Å². The number of carboxylic acid groups (broad SMARTS) is 1. The molecule has 0 saturated heterocycles. The van der Waals surface area contributed by atoms with Crippen LogP contribution in [0.2, 0.25) is 0 Å². The third-order valence-corrected chi connectivity index (χ3v) is 5.60. The summed E-state index contributed by atoms with van der Waals surface area (Å²) in [7, 11) is 0. The predicted octanol–water partition coefficient (Wildman–Crippen LogP) is 4.83. The van der Waals surface area contributed by atoms with E-state index in [0.29, 0.717) is 11.6 Å². The van der Waals surface area contributed by atoms with E-state index in [4.69, 9.17) is 16.3 Å². The van der Waals surface area contributed by atoms with Gasteiger partial charge in [0.1, 0.15) is 6.04 Å². The topological polar surface area (TPSA) is 58.6 Å². The molecular weight excluding hydrogens is 398 g/mol. The molecule has 3 aliphatic carbocycles. The first-order valence-corrected chi connectivity index (χ1v) is 10.3. The van der Waals surface area contributed by atoms with Crippen LogP contribution in [0.1, 0.15) is 29.9 Å². The summed E-state index contributed by atoms with van der Waals surface area (Å²) in [5.41, 5.74) is 11.4. The largest absolute Gasteiger partial charge is 0.480 e. The maximum absolute atomic E-state index is 11.6. The standard InChI is InChI=1S/C25H22ClNO3/c26-18-12-10-17(11-13-18)14-24(25(28)29)27-16-30-15-23-21-7-3-1-2-6-19(21)20-8-4-5-9-22(20)23/h2-10,12,23-24,27H,1,14-16H2,(H,28,29)/t23?,24-/m0/s1. The van der Waals surface area contributed by atoms with Gasteiger partial charge in [-0.3, -0.25) is 10.1 Å². The first-order chi connectivity index (χ1) is 14.6. The lowest BCUT2D eigenvalue weighted by atomic mass is 9.96. The summed E-state index contributed by atoms with van der Waals surface area (Å²) in [5.74, 6) is -0.797. The summed E-state index contributed by atoms with van der Waals surface area (Å²) in [5, 5.41) is 13.0. The van der Waals surface area contributed by atoms with Crippen molar-refractivity contribution in [1.29, 1.82) is 0 Å². The summed E-state index contributed by atoms with van der Waals surface area (Å²) in [4.78, 5) is 11.6. The highest BCUT2D eigenvalue weighted by atomic mass is 35.5. The molecule has 1 aromatic carbocycles. The number of fused-ring (bicyclic) bond motifs is 2. The maximum Gasteiger partial charge on any atom is 0.321 e.